The van der Waals surface area contributed by atoms with Gasteiger partial charge in [0.25, 0.3) is 0 Å². The highest BCUT2D eigenvalue weighted by atomic mass is 79.9. The maximum Gasteiger partial charge on any atom is 0.140 e. The van der Waals surface area contributed by atoms with Crippen molar-refractivity contribution in [3.05, 3.63) is 40.8 Å². The number of rotatable bonds is 4. The van der Waals surface area contributed by atoms with Crippen molar-refractivity contribution in [2.75, 3.05) is 18.5 Å². The van der Waals surface area contributed by atoms with E-state index in [1.165, 1.54) is 0 Å². The van der Waals surface area contributed by atoms with Gasteiger partial charge in [0.05, 0.1) is 10.2 Å². The Hall–Kier alpha value is -1.40. The van der Waals surface area contributed by atoms with Gasteiger partial charge < -0.3 is 10.1 Å². The normalized spacial score (nSPS) is 22.6. The lowest BCUT2D eigenvalue weighted by atomic mass is 9.92. The maximum atomic E-state index is 5.91. The van der Waals surface area contributed by atoms with Crippen LogP contribution in [0.25, 0.3) is 0 Å². The molecule has 0 saturated carbocycles. The van der Waals surface area contributed by atoms with E-state index in [0.29, 0.717) is 5.92 Å². The minimum absolute atomic E-state index is 0.0845. The van der Waals surface area contributed by atoms with Gasteiger partial charge in [0, 0.05) is 31.5 Å². The monoisotopic (exact) mass is 336 g/mol. The van der Waals surface area contributed by atoms with Crippen LogP contribution in [0.4, 0.5) is 5.82 Å². The van der Waals surface area contributed by atoms with Crippen LogP contribution in [-0.4, -0.2) is 28.3 Å². The Morgan fingerprint density at radius 1 is 1.40 bits per heavy atom. The molecule has 3 heterocycles. The van der Waals surface area contributed by atoms with Crippen molar-refractivity contribution >= 4 is 21.7 Å². The van der Waals surface area contributed by atoms with Crippen LogP contribution >= 0.6 is 15.9 Å². The highest BCUT2D eigenvalue weighted by Crippen LogP contribution is 2.33. The smallest absolute Gasteiger partial charge is 0.140 e. The Labute approximate surface area is 126 Å². The van der Waals surface area contributed by atoms with Crippen molar-refractivity contribution in [1.29, 1.82) is 0 Å². The number of nitrogens with one attached hydrogen (secondary N) is 2. The second-order valence-corrected chi connectivity index (χ2v) is 5.77. The van der Waals surface area contributed by atoms with E-state index < -0.39 is 0 Å². The van der Waals surface area contributed by atoms with Crippen molar-refractivity contribution in [2.24, 2.45) is 5.92 Å². The van der Waals surface area contributed by atoms with E-state index in [-0.39, 0.29) is 6.10 Å². The molecule has 0 aromatic carbocycles. The number of pyridine rings is 1. The molecule has 3 rings (SSSR count). The molecule has 1 fully saturated rings. The van der Waals surface area contributed by atoms with Gasteiger partial charge in [-0.2, -0.15) is 5.10 Å². The Balaban J connectivity index is 1.67. The summed E-state index contributed by atoms with van der Waals surface area (Å²) in [6.45, 7) is 1.65. The summed E-state index contributed by atoms with van der Waals surface area (Å²) in [4.78, 5) is 4.33. The standard InChI is InChI=1S/C14H17BrN4O/c15-11-4-1-6-16-14(11)17-9-10-3-2-8-20-13(10)12-5-7-18-19-12/h1,4-7,10,13H,2-3,8-9H2,(H,16,17)(H,18,19)/t10-,13+/m0/s1. The van der Waals surface area contributed by atoms with Gasteiger partial charge in [0.2, 0.25) is 0 Å². The maximum absolute atomic E-state index is 5.91. The second-order valence-electron chi connectivity index (χ2n) is 4.92. The molecule has 0 unspecified atom stereocenters. The van der Waals surface area contributed by atoms with Crippen LogP contribution in [0.2, 0.25) is 0 Å². The van der Waals surface area contributed by atoms with Gasteiger partial charge in [-0.25, -0.2) is 4.98 Å². The van der Waals surface area contributed by atoms with Gasteiger partial charge in [0.15, 0.2) is 0 Å². The van der Waals surface area contributed by atoms with Crippen LogP contribution < -0.4 is 5.32 Å². The molecule has 6 heteroatoms. The minimum Gasteiger partial charge on any atom is -0.372 e. The molecule has 0 spiro atoms. The zero-order chi connectivity index (χ0) is 13.8. The predicted molar refractivity (Wildman–Crippen MR) is 80.4 cm³/mol. The molecule has 0 amide bonds. The van der Waals surface area contributed by atoms with Crippen molar-refractivity contribution < 1.29 is 4.74 Å². The van der Waals surface area contributed by atoms with Crippen LogP contribution in [0.3, 0.4) is 0 Å². The number of halogens is 1. The van der Waals surface area contributed by atoms with Crippen molar-refractivity contribution in [1.82, 2.24) is 15.2 Å². The lowest BCUT2D eigenvalue weighted by Crippen LogP contribution is -2.28. The average Bonchev–Trinajstić information content (AvgIpc) is 3.01. The van der Waals surface area contributed by atoms with Gasteiger partial charge in [-0.1, -0.05) is 0 Å². The van der Waals surface area contributed by atoms with Crippen molar-refractivity contribution in [3.63, 3.8) is 0 Å². The van der Waals surface area contributed by atoms with Crippen LogP contribution in [0, 0.1) is 5.92 Å². The number of nitrogens with zero attached hydrogens (tertiary/aromatic N) is 2. The number of H-pyrrole nitrogens is 1. The molecule has 1 saturated heterocycles. The molecule has 0 radical (unpaired) electrons. The molecular weight excluding hydrogens is 320 g/mol. The first kappa shape index (κ1) is 13.6. The van der Waals surface area contributed by atoms with Crippen LogP contribution in [0.5, 0.6) is 0 Å². The van der Waals surface area contributed by atoms with Crippen LogP contribution in [-0.2, 0) is 4.74 Å². The third-order valence-electron chi connectivity index (χ3n) is 3.56. The molecule has 0 bridgehead atoms. The zero-order valence-electron chi connectivity index (χ0n) is 11.1. The Morgan fingerprint density at radius 3 is 3.15 bits per heavy atom. The van der Waals surface area contributed by atoms with E-state index in [1.807, 2.05) is 18.2 Å². The number of hydrogen-bond acceptors (Lipinski definition) is 4. The van der Waals surface area contributed by atoms with Crippen molar-refractivity contribution in [2.45, 2.75) is 18.9 Å². The number of aromatic nitrogens is 3. The topological polar surface area (TPSA) is 62.8 Å². The summed E-state index contributed by atoms with van der Waals surface area (Å²) >= 11 is 3.50. The number of aromatic amines is 1. The quantitative estimate of drug-likeness (QED) is 0.900. The van der Waals surface area contributed by atoms with Crippen LogP contribution in [0.1, 0.15) is 24.6 Å². The largest absolute Gasteiger partial charge is 0.372 e. The highest BCUT2D eigenvalue weighted by Gasteiger charge is 2.28. The van der Waals surface area contributed by atoms with E-state index in [4.69, 9.17) is 4.74 Å². The van der Waals surface area contributed by atoms with Crippen molar-refractivity contribution in [3.8, 4) is 0 Å². The third kappa shape index (κ3) is 3.02. The molecule has 2 N–H and O–H groups in total. The number of ether oxygens (including phenoxy) is 1. The summed E-state index contributed by atoms with van der Waals surface area (Å²) in [5.74, 6) is 1.29. The van der Waals surface area contributed by atoms with E-state index in [1.54, 1.807) is 12.4 Å². The fraction of sp³-hybridized carbons (Fsp3) is 0.429. The Kier molecular flexibility index (Phi) is 4.32. The zero-order valence-corrected chi connectivity index (χ0v) is 12.6. The van der Waals surface area contributed by atoms with E-state index in [2.05, 4.69) is 36.4 Å². The lowest BCUT2D eigenvalue weighted by molar-refractivity contribution is -0.0264. The fourth-order valence-electron chi connectivity index (χ4n) is 2.56. The summed E-state index contributed by atoms with van der Waals surface area (Å²) in [7, 11) is 0. The summed E-state index contributed by atoms with van der Waals surface area (Å²) in [6, 6.07) is 5.88. The molecule has 0 aliphatic carbocycles. The number of anilines is 1. The van der Waals surface area contributed by atoms with Gasteiger partial charge in [0.1, 0.15) is 11.9 Å². The summed E-state index contributed by atoms with van der Waals surface area (Å²) < 4.78 is 6.89. The summed E-state index contributed by atoms with van der Waals surface area (Å²) in [5.41, 5.74) is 1.05. The lowest BCUT2D eigenvalue weighted by Gasteiger charge is -2.31. The molecule has 2 atom stereocenters. The van der Waals surface area contributed by atoms with E-state index in [9.17, 15) is 0 Å². The minimum atomic E-state index is 0.0845. The SMILES string of the molecule is Brc1cccnc1NC[C@@H]1CCCO[C@H]1c1ccn[nH]1. The third-order valence-corrected chi connectivity index (χ3v) is 4.20. The van der Waals surface area contributed by atoms with E-state index >= 15 is 0 Å². The fourth-order valence-corrected chi connectivity index (χ4v) is 2.96. The number of hydrogen-bond donors (Lipinski definition) is 2. The molecule has 20 heavy (non-hydrogen) atoms. The van der Waals surface area contributed by atoms with Gasteiger partial charge in [-0.3, -0.25) is 5.10 Å². The second kappa shape index (κ2) is 6.37. The molecule has 5 nitrogen and oxygen atoms in total. The summed E-state index contributed by atoms with van der Waals surface area (Å²) in [5, 5.41) is 10.4. The predicted octanol–water partition coefficient (Wildman–Crippen LogP) is 3.15. The average molecular weight is 337 g/mol. The Bertz CT molecular complexity index is 546. The van der Waals surface area contributed by atoms with Crippen LogP contribution in [0.15, 0.2) is 35.1 Å². The van der Waals surface area contributed by atoms with Gasteiger partial charge >= 0.3 is 0 Å². The highest BCUT2D eigenvalue weighted by molar-refractivity contribution is 9.10. The first-order valence-corrected chi connectivity index (χ1v) is 7.59. The molecule has 2 aromatic rings. The summed E-state index contributed by atoms with van der Waals surface area (Å²) in [6.07, 6.45) is 5.88. The first-order valence-electron chi connectivity index (χ1n) is 6.80. The molecule has 2 aromatic heterocycles. The van der Waals surface area contributed by atoms with E-state index in [0.717, 1.165) is 42.0 Å². The molecular formula is C14H17BrN4O. The van der Waals surface area contributed by atoms with Gasteiger partial charge in [-0.15, -0.1) is 0 Å². The first-order chi connectivity index (χ1) is 9.84. The molecule has 1 aliphatic rings. The molecule has 1 aliphatic heterocycles. The Morgan fingerprint density at radius 2 is 2.35 bits per heavy atom. The molecule has 106 valence electrons. The van der Waals surface area contributed by atoms with Gasteiger partial charge in [-0.05, 0) is 47.0 Å².